The number of nitrogens with zero attached hydrogens (tertiary/aromatic N) is 3. The second kappa shape index (κ2) is 6.80. The highest BCUT2D eigenvalue weighted by atomic mass is 32.1. The SMILES string of the molecule is CC(c1ccccc1)n1cncc1C(=O)Nc1nc2c(s1)CCCC2. The van der Waals surface area contributed by atoms with Crippen LogP contribution in [0.25, 0.3) is 0 Å². The third-order valence-corrected chi connectivity index (χ3v) is 5.74. The van der Waals surface area contributed by atoms with E-state index in [2.05, 4.69) is 34.3 Å². The van der Waals surface area contributed by atoms with Gasteiger partial charge in [0.15, 0.2) is 5.13 Å². The number of imidazole rings is 1. The van der Waals surface area contributed by atoms with E-state index in [1.54, 1.807) is 23.9 Å². The summed E-state index contributed by atoms with van der Waals surface area (Å²) in [6.45, 7) is 2.07. The average molecular weight is 352 g/mol. The Morgan fingerprint density at radius 2 is 2.04 bits per heavy atom. The lowest BCUT2D eigenvalue weighted by molar-refractivity contribution is 0.101. The number of amides is 1. The lowest BCUT2D eigenvalue weighted by Crippen LogP contribution is -2.19. The third-order valence-electron chi connectivity index (χ3n) is 4.66. The molecule has 0 bridgehead atoms. The molecule has 1 unspecified atom stereocenters. The van der Waals surface area contributed by atoms with E-state index in [-0.39, 0.29) is 11.9 Å². The van der Waals surface area contributed by atoms with E-state index in [1.807, 2.05) is 22.8 Å². The van der Waals surface area contributed by atoms with E-state index in [0.717, 1.165) is 24.1 Å². The van der Waals surface area contributed by atoms with E-state index in [4.69, 9.17) is 0 Å². The first-order valence-corrected chi connectivity index (χ1v) is 9.40. The van der Waals surface area contributed by atoms with E-state index < -0.39 is 0 Å². The molecule has 0 saturated heterocycles. The largest absolute Gasteiger partial charge is 0.319 e. The van der Waals surface area contributed by atoms with Gasteiger partial charge in [0.2, 0.25) is 0 Å². The zero-order valence-corrected chi connectivity index (χ0v) is 14.9. The predicted octanol–water partition coefficient (Wildman–Crippen LogP) is 4.08. The normalized spacial score (nSPS) is 14.8. The van der Waals surface area contributed by atoms with Crippen LogP contribution in [-0.4, -0.2) is 20.4 Å². The molecule has 25 heavy (non-hydrogen) atoms. The number of hydrogen-bond donors (Lipinski definition) is 1. The van der Waals surface area contributed by atoms with E-state index >= 15 is 0 Å². The van der Waals surface area contributed by atoms with Crippen LogP contribution in [0.15, 0.2) is 42.9 Å². The summed E-state index contributed by atoms with van der Waals surface area (Å²) < 4.78 is 1.90. The van der Waals surface area contributed by atoms with Gasteiger partial charge in [-0.2, -0.15) is 0 Å². The first-order valence-electron chi connectivity index (χ1n) is 8.59. The summed E-state index contributed by atoms with van der Waals surface area (Å²) in [5.41, 5.74) is 2.83. The van der Waals surface area contributed by atoms with Crippen molar-refractivity contribution in [2.24, 2.45) is 0 Å². The maximum Gasteiger partial charge on any atom is 0.275 e. The van der Waals surface area contributed by atoms with E-state index in [1.165, 1.54) is 17.7 Å². The molecule has 1 aromatic carbocycles. The highest BCUT2D eigenvalue weighted by Gasteiger charge is 2.20. The molecule has 128 valence electrons. The van der Waals surface area contributed by atoms with Gasteiger partial charge in [-0.3, -0.25) is 10.1 Å². The molecular weight excluding hydrogens is 332 g/mol. The summed E-state index contributed by atoms with van der Waals surface area (Å²) in [5.74, 6) is -0.161. The first-order chi connectivity index (χ1) is 12.2. The molecule has 5 nitrogen and oxygen atoms in total. The van der Waals surface area contributed by atoms with Gasteiger partial charge in [0.1, 0.15) is 5.69 Å². The van der Waals surface area contributed by atoms with E-state index in [0.29, 0.717) is 10.8 Å². The zero-order valence-electron chi connectivity index (χ0n) is 14.1. The quantitative estimate of drug-likeness (QED) is 0.770. The van der Waals surface area contributed by atoms with Crippen LogP contribution in [0.4, 0.5) is 5.13 Å². The summed E-state index contributed by atoms with van der Waals surface area (Å²) >= 11 is 1.60. The molecule has 1 aliphatic carbocycles. The van der Waals surface area contributed by atoms with Gasteiger partial charge >= 0.3 is 0 Å². The van der Waals surface area contributed by atoms with Gasteiger partial charge in [-0.05, 0) is 38.2 Å². The second-order valence-corrected chi connectivity index (χ2v) is 7.41. The van der Waals surface area contributed by atoms with Gasteiger partial charge < -0.3 is 4.57 Å². The molecule has 0 fully saturated rings. The number of nitrogens with one attached hydrogen (secondary N) is 1. The van der Waals surface area contributed by atoms with Crippen molar-refractivity contribution in [3.8, 4) is 0 Å². The summed E-state index contributed by atoms with van der Waals surface area (Å²) in [5, 5.41) is 3.65. The molecule has 0 radical (unpaired) electrons. The Morgan fingerprint density at radius 1 is 1.24 bits per heavy atom. The fourth-order valence-corrected chi connectivity index (χ4v) is 4.29. The molecule has 6 heteroatoms. The molecule has 4 rings (SSSR count). The van der Waals surface area contributed by atoms with Crippen LogP contribution >= 0.6 is 11.3 Å². The number of rotatable bonds is 4. The minimum Gasteiger partial charge on any atom is -0.319 e. The molecule has 3 aromatic rings. The molecule has 1 aliphatic rings. The fraction of sp³-hybridized carbons (Fsp3) is 0.316. The van der Waals surface area contributed by atoms with Crippen molar-refractivity contribution in [2.45, 2.75) is 38.6 Å². The zero-order chi connectivity index (χ0) is 17.2. The van der Waals surface area contributed by atoms with Crippen molar-refractivity contribution in [3.05, 3.63) is 64.7 Å². The molecule has 2 aromatic heterocycles. The molecule has 1 atom stereocenters. The van der Waals surface area contributed by atoms with Crippen LogP contribution in [0, 0.1) is 0 Å². The molecule has 2 heterocycles. The van der Waals surface area contributed by atoms with Crippen molar-refractivity contribution in [1.29, 1.82) is 0 Å². The molecule has 0 saturated carbocycles. The topological polar surface area (TPSA) is 59.8 Å². The summed E-state index contributed by atoms with van der Waals surface area (Å²) in [4.78, 5) is 22.8. The summed E-state index contributed by atoms with van der Waals surface area (Å²) in [6.07, 6.45) is 7.81. The minimum atomic E-state index is -0.161. The van der Waals surface area contributed by atoms with Crippen LogP contribution in [0.1, 0.15) is 52.4 Å². The van der Waals surface area contributed by atoms with Crippen LogP contribution < -0.4 is 5.32 Å². The van der Waals surface area contributed by atoms with E-state index in [9.17, 15) is 4.79 Å². The van der Waals surface area contributed by atoms with Crippen LogP contribution in [-0.2, 0) is 12.8 Å². The maximum atomic E-state index is 12.7. The standard InChI is InChI=1S/C19H20N4OS/c1-13(14-7-3-2-4-8-14)23-12-20-11-16(23)18(24)22-19-21-15-9-5-6-10-17(15)25-19/h2-4,7-8,11-13H,5-6,9-10H2,1H3,(H,21,22,24). The maximum absolute atomic E-state index is 12.7. The number of aromatic nitrogens is 3. The molecule has 1 amide bonds. The van der Waals surface area contributed by atoms with Crippen molar-refractivity contribution >= 4 is 22.4 Å². The number of carbonyl (C=O) groups is 1. The number of fused-ring (bicyclic) bond motifs is 1. The highest BCUT2D eigenvalue weighted by molar-refractivity contribution is 7.15. The number of hydrogen-bond acceptors (Lipinski definition) is 4. The second-order valence-electron chi connectivity index (χ2n) is 6.32. The van der Waals surface area contributed by atoms with Gasteiger partial charge in [-0.1, -0.05) is 30.3 Å². The minimum absolute atomic E-state index is 0.0361. The Balaban J connectivity index is 1.55. The molecule has 0 aliphatic heterocycles. The van der Waals surface area contributed by atoms with Crippen LogP contribution in [0.3, 0.4) is 0 Å². The van der Waals surface area contributed by atoms with Crippen molar-refractivity contribution in [1.82, 2.24) is 14.5 Å². The van der Waals surface area contributed by atoms with Gasteiger partial charge in [0.05, 0.1) is 24.3 Å². The van der Waals surface area contributed by atoms with Crippen LogP contribution in [0.2, 0.25) is 0 Å². The Kier molecular flexibility index (Phi) is 4.36. The molecule has 1 N–H and O–H groups in total. The average Bonchev–Trinajstić information content (AvgIpc) is 3.28. The number of thiazole rings is 1. The Morgan fingerprint density at radius 3 is 2.84 bits per heavy atom. The van der Waals surface area contributed by atoms with Gasteiger partial charge in [0.25, 0.3) is 5.91 Å². The van der Waals surface area contributed by atoms with Gasteiger partial charge in [-0.25, -0.2) is 9.97 Å². The Labute approximate surface area is 150 Å². The van der Waals surface area contributed by atoms with Crippen molar-refractivity contribution in [3.63, 3.8) is 0 Å². The summed E-state index contributed by atoms with van der Waals surface area (Å²) in [7, 11) is 0. The monoisotopic (exact) mass is 352 g/mol. The third kappa shape index (κ3) is 3.22. The molecule has 0 spiro atoms. The van der Waals surface area contributed by atoms with Crippen molar-refractivity contribution < 1.29 is 4.79 Å². The number of aryl methyl sites for hydroxylation is 2. The first kappa shape index (κ1) is 16.0. The predicted molar refractivity (Wildman–Crippen MR) is 99.2 cm³/mol. The summed E-state index contributed by atoms with van der Waals surface area (Å²) in [6, 6.07) is 10.1. The van der Waals surface area contributed by atoms with Crippen molar-refractivity contribution in [2.75, 3.05) is 5.32 Å². The van der Waals surface area contributed by atoms with Gasteiger partial charge in [-0.15, -0.1) is 11.3 Å². The lowest BCUT2D eigenvalue weighted by Gasteiger charge is -2.16. The molecular formula is C19H20N4OS. The van der Waals surface area contributed by atoms with Gasteiger partial charge in [0, 0.05) is 4.88 Å². The number of carbonyl (C=O) groups excluding carboxylic acids is 1. The highest BCUT2D eigenvalue weighted by Crippen LogP contribution is 2.30. The number of benzene rings is 1. The Bertz CT molecular complexity index is 860. The smallest absolute Gasteiger partial charge is 0.275 e. The number of anilines is 1. The van der Waals surface area contributed by atoms with Crippen LogP contribution in [0.5, 0.6) is 0 Å². The fourth-order valence-electron chi connectivity index (χ4n) is 3.25. The lowest BCUT2D eigenvalue weighted by atomic mass is 10.0. The Hall–Kier alpha value is -2.47.